The summed E-state index contributed by atoms with van der Waals surface area (Å²) in [6.45, 7) is 14.5. The van der Waals surface area contributed by atoms with E-state index in [9.17, 15) is 0 Å². The van der Waals surface area contributed by atoms with Gasteiger partial charge >= 0.3 is 0 Å². The lowest BCUT2D eigenvalue weighted by Gasteiger charge is -2.53. The maximum Gasteiger partial charge on any atom is 0.252 e. The van der Waals surface area contributed by atoms with Crippen molar-refractivity contribution in [2.45, 2.75) is 83.6 Å². The van der Waals surface area contributed by atoms with Crippen molar-refractivity contribution in [1.82, 2.24) is 0 Å². The molecule has 0 saturated heterocycles. The van der Waals surface area contributed by atoms with Gasteiger partial charge in [-0.25, -0.2) is 0 Å². The SMILES string of the molecule is Cc1cc2c3c(c1)N1c4c(cccc4C4(C)CCCCC14C)B3c1ccc(N(c3ccccc3)c3ccccc3)cc1N2c1ccc(C(C)(C)C)cc1-c1ccccc1. The molecule has 2 unspecified atom stereocenters. The van der Waals surface area contributed by atoms with E-state index in [0.29, 0.717) is 0 Å². The quantitative estimate of drug-likeness (QED) is 0.162. The Morgan fingerprint density at radius 3 is 1.93 bits per heavy atom. The Morgan fingerprint density at radius 2 is 1.24 bits per heavy atom. The highest BCUT2D eigenvalue weighted by molar-refractivity contribution is 7.00. The zero-order chi connectivity index (χ0) is 40.3. The highest BCUT2D eigenvalue weighted by Gasteiger charge is 2.61. The van der Waals surface area contributed by atoms with Gasteiger partial charge in [-0.3, -0.25) is 0 Å². The molecule has 0 radical (unpaired) electrons. The maximum atomic E-state index is 2.84. The maximum absolute atomic E-state index is 2.84. The summed E-state index contributed by atoms with van der Waals surface area (Å²) in [4.78, 5) is 7.88. The number of rotatable bonds is 5. The Morgan fingerprint density at radius 1 is 0.576 bits per heavy atom. The Bertz CT molecular complexity index is 2730. The van der Waals surface area contributed by atoms with Gasteiger partial charge in [0.25, 0.3) is 6.71 Å². The highest BCUT2D eigenvalue weighted by Crippen LogP contribution is 2.62. The minimum absolute atomic E-state index is 0.00619. The van der Waals surface area contributed by atoms with E-state index in [4.69, 9.17) is 0 Å². The van der Waals surface area contributed by atoms with Crippen LogP contribution in [0.15, 0.2) is 158 Å². The number of para-hydroxylation sites is 3. The van der Waals surface area contributed by atoms with Crippen LogP contribution in [0.25, 0.3) is 11.1 Å². The monoisotopic (exact) mass is 765 g/mol. The first-order chi connectivity index (χ1) is 28.6. The fraction of sp³-hybridized carbons (Fsp3) is 0.236. The molecule has 59 heavy (non-hydrogen) atoms. The number of nitrogens with zero attached hydrogens (tertiary/aromatic N) is 3. The van der Waals surface area contributed by atoms with Gasteiger partial charge in [0.15, 0.2) is 0 Å². The second-order valence-electron chi connectivity index (χ2n) is 19.0. The van der Waals surface area contributed by atoms with Gasteiger partial charge in [-0.2, -0.15) is 0 Å². The minimum Gasteiger partial charge on any atom is -0.335 e. The van der Waals surface area contributed by atoms with Gasteiger partial charge in [-0.15, -0.1) is 0 Å². The number of hydrogen-bond acceptors (Lipinski definition) is 3. The predicted octanol–water partition coefficient (Wildman–Crippen LogP) is 12.8. The zero-order valence-electron chi connectivity index (χ0n) is 35.3. The third kappa shape index (κ3) is 5.21. The third-order valence-corrected chi connectivity index (χ3v) is 14.6. The van der Waals surface area contributed by atoms with Gasteiger partial charge in [-0.05, 0) is 131 Å². The molecule has 290 valence electrons. The average molecular weight is 766 g/mol. The fourth-order valence-electron chi connectivity index (χ4n) is 11.4. The van der Waals surface area contributed by atoms with Gasteiger partial charge in [-0.1, -0.05) is 138 Å². The Kier molecular flexibility index (Phi) is 7.96. The number of aryl methyl sites for hydroxylation is 1. The van der Waals surface area contributed by atoms with E-state index in [1.807, 2.05) is 0 Å². The molecular formula is C55H52BN3. The first kappa shape index (κ1) is 36.1. The first-order valence-corrected chi connectivity index (χ1v) is 21.7. The molecule has 7 aromatic carbocycles. The molecule has 0 spiro atoms. The number of hydrogen-bond donors (Lipinski definition) is 0. The lowest BCUT2D eigenvalue weighted by molar-refractivity contribution is 0.195. The van der Waals surface area contributed by atoms with Gasteiger partial charge in [0.1, 0.15) is 0 Å². The molecule has 2 atom stereocenters. The smallest absolute Gasteiger partial charge is 0.252 e. The number of benzene rings is 7. The van der Waals surface area contributed by atoms with Crippen LogP contribution in [0.4, 0.5) is 45.5 Å². The standard InChI is InChI=1S/C55H52BN3/c1-37-33-49-51-50(34-37)59-52-44(54(5)31-16-17-32-55(54,59)6)25-18-26-46(52)56(51)45-29-28-42(57(40-21-12-8-13-22-40)41-23-14-9-15-24-41)36-48(45)58(49)47-30-27-39(53(2,3)4)35-43(47)38-19-10-7-11-20-38/h7-15,18-30,33-36H,16-17,31-32H2,1-6H3. The van der Waals surface area contributed by atoms with Crippen LogP contribution in [-0.4, -0.2) is 12.3 Å². The fourth-order valence-corrected chi connectivity index (χ4v) is 11.4. The molecule has 0 bridgehead atoms. The van der Waals surface area contributed by atoms with E-state index in [2.05, 4.69) is 214 Å². The van der Waals surface area contributed by atoms with Crippen molar-refractivity contribution in [3.8, 4) is 11.1 Å². The molecule has 3 heterocycles. The molecule has 3 nitrogen and oxygen atoms in total. The summed E-state index contributed by atoms with van der Waals surface area (Å²) in [5.74, 6) is 0. The van der Waals surface area contributed by atoms with Crippen LogP contribution in [-0.2, 0) is 10.8 Å². The van der Waals surface area contributed by atoms with Crippen LogP contribution in [0.2, 0.25) is 0 Å². The minimum atomic E-state index is -0.0133. The first-order valence-electron chi connectivity index (χ1n) is 21.7. The summed E-state index contributed by atoms with van der Waals surface area (Å²) in [7, 11) is 0. The van der Waals surface area contributed by atoms with Crippen LogP contribution in [0.1, 0.15) is 77.0 Å². The summed E-state index contributed by atoms with van der Waals surface area (Å²) in [6, 6.07) is 59.5. The van der Waals surface area contributed by atoms with E-state index in [-0.39, 0.29) is 23.1 Å². The molecule has 7 aromatic rings. The van der Waals surface area contributed by atoms with Crippen molar-refractivity contribution in [3.05, 3.63) is 174 Å². The van der Waals surface area contributed by atoms with E-state index >= 15 is 0 Å². The van der Waals surface area contributed by atoms with E-state index in [1.54, 1.807) is 0 Å². The second kappa shape index (κ2) is 13.0. The van der Waals surface area contributed by atoms with Crippen molar-refractivity contribution in [3.63, 3.8) is 0 Å². The van der Waals surface area contributed by atoms with Crippen molar-refractivity contribution < 1.29 is 0 Å². The van der Waals surface area contributed by atoms with Crippen LogP contribution in [0.3, 0.4) is 0 Å². The summed E-state index contributed by atoms with van der Waals surface area (Å²) >= 11 is 0. The van der Waals surface area contributed by atoms with Crippen LogP contribution >= 0.6 is 0 Å². The van der Waals surface area contributed by atoms with E-state index < -0.39 is 0 Å². The van der Waals surface area contributed by atoms with Crippen molar-refractivity contribution in [2.24, 2.45) is 0 Å². The van der Waals surface area contributed by atoms with Crippen molar-refractivity contribution >= 4 is 68.6 Å². The second-order valence-corrected chi connectivity index (χ2v) is 19.0. The normalized spacial score (nSPS) is 19.8. The molecule has 0 N–H and O–H groups in total. The Hall–Kier alpha value is -6.00. The van der Waals surface area contributed by atoms with Crippen LogP contribution in [0.5, 0.6) is 0 Å². The zero-order valence-corrected chi connectivity index (χ0v) is 35.3. The molecule has 4 aliphatic rings. The third-order valence-electron chi connectivity index (χ3n) is 14.6. The molecule has 4 heteroatoms. The predicted molar refractivity (Wildman–Crippen MR) is 252 cm³/mol. The summed E-state index contributed by atoms with van der Waals surface area (Å²) < 4.78 is 0. The topological polar surface area (TPSA) is 9.72 Å². The number of fused-ring (bicyclic) bond motifs is 7. The lowest BCUT2D eigenvalue weighted by atomic mass is 9.33. The van der Waals surface area contributed by atoms with Crippen LogP contribution in [0, 0.1) is 6.92 Å². The Balaban J connectivity index is 1.24. The van der Waals surface area contributed by atoms with Gasteiger partial charge in [0, 0.05) is 50.8 Å². The average Bonchev–Trinajstić information content (AvgIpc) is 3.46. The molecule has 0 amide bonds. The summed E-state index contributed by atoms with van der Waals surface area (Å²) in [6.07, 6.45) is 4.96. The van der Waals surface area contributed by atoms with Crippen molar-refractivity contribution in [2.75, 3.05) is 14.7 Å². The molecule has 3 aliphatic heterocycles. The summed E-state index contributed by atoms with van der Waals surface area (Å²) in [5, 5.41) is 0. The molecule has 1 fully saturated rings. The largest absolute Gasteiger partial charge is 0.335 e. The highest BCUT2D eigenvalue weighted by atomic mass is 15.3. The van der Waals surface area contributed by atoms with Gasteiger partial charge in [0.2, 0.25) is 0 Å². The molecule has 1 aliphatic carbocycles. The van der Waals surface area contributed by atoms with Crippen molar-refractivity contribution in [1.29, 1.82) is 0 Å². The lowest BCUT2D eigenvalue weighted by Crippen LogP contribution is -2.64. The van der Waals surface area contributed by atoms with E-state index in [0.717, 1.165) is 17.1 Å². The molecular weight excluding hydrogens is 713 g/mol. The molecule has 0 aromatic heterocycles. The Labute approximate surface area is 351 Å². The molecule has 1 saturated carbocycles. The number of anilines is 8. The van der Waals surface area contributed by atoms with E-state index in [1.165, 1.54) is 98.3 Å². The van der Waals surface area contributed by atoms with Crippen LogP contribution < -0.4 is 31.1 Å². The van der Waals surface area contributed by atoms with Gasteiger partial charge < -0.3 is 14.7 Å². The molecule has 11 rings (SSSR count). The summed E-state index contributed by atoms with van der Waals surface area (Å²) in [5.41, 5.74) is 20.9. The van der Waals surface area contributed by atoms with Gasteiger partial charge in [0.05, 0.1) is 11.2 Å².